The molecule has 1 aromatic rings. The van der Waals surface area contributed by atoms with Crippen LogP contribution in [0.3, 0.4) is 0 Å². The topological polar surface area (TPSA) is 21.3 Å². The van der Waals surface area contributed by atoms with Crippen LogP contribution in [0.4, 0.5) is 0 Å². The summed E-state index contributed by atoms with van der Waals surface area (Å²) in [4.78, 5) is 0. The fourth-order valence-corrected chi connectivity index (χ4v) is 2.66. The molecule has 1 aliphatic rings. The van der Waals surface area contributed by atoms with Gasteiger partial charge in [-0.2, -0.15) is 0 Å². The number of hydrogen-bond acceptors (Lipinski definition) is 2. The summed E-state index contributed by atoms with van der Waals surface area (Å²) in [5, 5.41) is 3.40. The van der Waals surface area contributed by atoms with Crippen LogP contribution in [0.25, 0.3) is 0 Å². The normalized spacial score (nSPS) is 19.1. The van der Waals surface area contributed by atoms with E-state index in [9.17, 15) is 0 Å². The van der Waals surface area contributed by atoms with Crippen LogP contribution in [0.5, 0.6) is 5.75 Å². The van der Waals surface area contributed by atoms with Crippen LogP contribution in [0, 0.1) is 5.41 Å². The van der Waals surface area contributed by atoms with Gasteiger partial charge in [0, 0.05) is 6.04 Å². The zero-order chi connectivity index (χ0) is 13.9. The highest BCUT2D eigenvalue weighted by molar-refractivity contribution is 5.39. The first-order valence-corrected chi connectivity index (χ1v) is 7.42. The van der Waals surface area contributed by atoms with Crippen LogP contribution in [0.2, 0.25) is 0 Å². The van der Waals surface area contributed by atoms with E-state index in [4.69, 9.17) is 4.74 Å². The van der Waals surface area contributed by atoms with E-state index in [1.165, 1.54) is 30.4 Å². The molecule has 0 spiro atoms. The lowest BCUT2D eigenvalue weighted by molar-refractivity contribution is 0.242. The molecule has 2 nitrogen and oxygen atoms in total. The van der Waals surface area contributed by atoms with Crippen molar-refractivity contribution in [2.75, 3.05) is 13.7 Å². The van der Waals surface area contributed by atoms with E-state index in [1.807, 2.05) is 7.05 Å². The van der Waals surface area contributed by atoms with Gasteiger partial charge in [0.2, 0.25) is 0 Å². The smallest absolute Gasteiger partial charge is 0.119 e. The molecule has 2 rings (SSSR count). The third-order valence-corrected chi connectivity index (χ3v) is 3.90. The minimum atomic E-state index is 0.339. The first-order valence-electron chi connectivity index (χ1n) is 7.42. The van der Waals surface area contributed by atoms with Crippen molar-refractivity contribution in [2.24, 2.45) is 5.41 Å². The van der Waals surface area contributed by atoms with E-state index in [1.54, 1.807) is 0 Å². The van der Waals surface area contributed by atoms with Crippen LogP contribution in [-0.4, -0.2) is 13.7 Å². The van der Waals surface area contributed by atoms with Crippen LogP contribution in [0.1, 0.15) is 57.2 Å². The number of rotatable bonds is 4. The quantitative estimate of drug-likeness (QED) is 0.881. The summed E-state index contributed by atoms with van der Waals surface area (Å²) in [7, 11) is 2.05. The predicted molar refractivity (Wildman–Crippen MR) is 80.7 cm³/mol. The Morgan fingerprint density at radius 1 is 1.32 bits per heavy atom. The summed E-state index contributed by atoms with van der Waals surface area (Å²) < 4.78 is 5.90. The number of nitrogens with one attached hydrogen (secondary N) is 1. The Bertz CT molecular complexity index is 420. The highest BCUT2D eigenvalue weighted by Crippen LogP contribution is 2.32. The molecule has 19 heavy (non-hydrogen) atoms. The third kappa shape index (κ3) is 3.97. The molecule has 0 aliphatic heterocycles. The van der Waals surface area contributed by atoms with E-state index >= 15 is 0 Å². The Hall–Kier alpha value is -1.02. The highest BCUT2D eigenvalue weighted by atomic mass is 16.5. The lowest BCUT2D eigenvalue weighted by Crippen LogP contribution is -2.21. The molecule has 0 fully saturated rings. The summed E-state index contributed by atoms with van der Waals surface area (Å²) in [5.74, 6) is 1.03. The van der Waals surface area contributed by atoms with Crippen molar-refractivity contribution in [1.82, 2.24) is 5.32 Å². The molecule has 0 saturated heterocycles. The largest absolute Gasteiger partial charge is 0.494 e. The van der Waals surface area contributed by atoms with Crippen molar-refractivity contribution < 1.29 is 4.74 Å². The number of fused-ring (bicyclic) bond motifs is 1. The highest BCUT2D eigenvalue weighted by Gasteiger charge is 2.19. The van der Waals surface area contributed by atoms with Crippen LogP contribution < -0.4 is 10.1 Å². The Morgan fingerprint density at radius 2 is 2.11 bits per heavy atom. The van der Waals surface area contributed by atoms with Gasteiger partial charge in [-0.05, 0) is 61.4 Å². The van der Waals surface area contributed by atoms with E-state index in [2.05, 4.69) is 44.3 Å². The standard InChI is InChI=1S/C17H27NO/c1-17(2,3)10-11-19-14-8-9-15-13(12-14)6-5-7-16(15)18-4/h8-9,12,16,18H,5-7,10-11H2,1-4H3. The second kappa shape index (κ2) is 5.96. The van der Waals surface area contributed by atoms with E-state index in [0.29, 0.717) is 11.5 Å². The molecule has 1 aliphatic carbocycles. The molecule has 0 heterocycles. The number of ether oxygens (including phenoxy) is 1. The minimum absolute atomic E-state index is 0.339. The van der Waals surface area contributed by atoms with Gasteiger partial charge >= 0.3 is 0 Å². The lowest BCUT2D eigenvalue weighted by atomic mass is 9.87. The number of hydrogen-bond donors (Lipinski definition) is 1. The van der Waals surface area contributed by atoms with Crippen molar-refractivity contribution in [2.45, 2.75) is 52.5 Å². The third-order valence-electron chi connectivity index (χ3n) is 3.90. The molecule has 1 unspecified atom stereocenters. The molecule has 0 bridgehead atoms. The maximum absolute atomic E-state index is 5.90. The average Bonchev–Trinajstić information content (AvgIpc) is 2.36. The van der Waals surface area contributed by atoms with Crippen molar-refractivity contribution in [3.05, 3.63) is 29.3 Å². The molecular weight excluding hydrogens is 234 g/mol. The van der Waals surface area contributed by atoms with Crippen molar-refractivity contribution >= 4 is 0 Å². The summed E-state index contributed by atoms with van der Waals surface area (Å²) >= 11 is 0. The van der Waals surface area contributed by atoms with Crippen molar-refractivity contribution in [3.63, 3.8) is 0 Å². The van der Waals surface area contributed by atoms with Gasteiger partial charge in [0.05, 0.1) is 6.61 Å². The monoisotopic (exact) mass is 261 g/mol. The fourth-order valence-electron chi connectivity index (χ4n) is 2.66. The van der Waals surface area contributed by atoms with E-state index in [0.717, 1.165) is 18.8 Å². The fraction of sp³-hybridized carbons (Fsp3) is 0.647. The maximum atomic E-state index is 5.90. The lowest BCUT2D eigenvalue weighted by Gasteiger charge is -2.26. The molecule has 2 heteroatoms. The van der Waals surface area contributed by atoms with Gasteiger partial charge < -0.3 is 10.1 Å². The zero-order valence-electron chi connectivity index (χ0n) is 12.8. The summed E-state index contributed by atoms with van der Waals surface area (Å²) in [6.45, 7) is 7.56. The molecule has 1 atom stereocenters. The summed E-state index contributed by atoms with van der Waals surface area (Å²) in [6, 6.07) is 7.12. The van der Waals surface area contributed by atoms with Gasteiger partial charge in [0.1, 0.15) is 5.75 Å². The van der Waals surface area contributed by atoms with Gasteiger partial charge in [0.15, 0.2) is 0 Å². The second-order valence-corrected chi connectivity index (χ2v) is 6.75. The molecule has 0 saturated carbocycles. The van der Waals surface area contributed by atoms with E-state index < -0.39 is 0 Å². The SMILES string of the molecule is CNC1CCCc2cc(OCCC(C)(C)C)ccc21. The van der Waals surface area contributed by atoms with Crippen LogP contribution in [-0.2, 0) is 6.42 Å². The number of benzene rings is 1. The predicted octanol–water partition coefficient (Wildman–Crippen LogP) is 4.10. The Labute approximate surface area is 117 Å². The van der Waals surface area contributed by atoms with Gasteiger partial charge in [-0.1, -0.05) is 26.8 Å². The first-order chi connectivity index (χ1) is 8.99. The molecule has 0 amide bonds. The van der Waals surface area contributed by atoms with Gasteiger partial charge in [-0.25, -0.2) is 0 Å². The van der Waals surface area contributed by atoms with Crippen molar-refractivity contribution in [3.8, 4) is 5.75 Å². The van der Waals surface area contributed by atoms with Crippen LogP contribution >= 0.6 is 0 Å². The first kappa shape index (κ1) is 14.4. The summed E-state index contributed by atoms with van der Waals surface area (Å²) in [6.07, 6.45) is 4.78. The summed E-state index contributed by atoms with van der Waals surface area (Å²) in [5.41, 5.74) is 3.25. The van der Waals surface area contributed by atoms with Crippen LogP contribution in [0.15, 0.2) is 18.2 Å². The van der Waals surface area contributed by atoms with Gasteiger partial charge in [-0.15, -0.1) is 0 Å². The molecule has 1 aromatic carbocycles. The second-order valence-electron chi connectivity index (χ2n) is 6.75. The Balaban J connectivity index is 2.01. The Morgan fingerprint density at radius 3 is 2.79 bits per heavy atom. The van der Waals surface area contributed by atoms with Gasteiger partial charge in [0.25, 0.3) is 0 Å². The zero-order valence-corrected chi connectivity index (χ0v) is 12.8. The molecule has 0 aromatic heterocycles. The minimum Gasteiger partial charge on any atom is -0.494 e. The molecule has 106 valence electrons. The molecule has 1 N–H and O–H groups in total. The van der Waals surface area contributed by atoms with Gasteiger partial charge in [-0.3, -0.25) is 0 Å². The molecule has 0 radical (unpaired) electrons. The number of aryl methyl sites for hydroxylation is 1. The Kier molecular flexibility index (Phi) is 4.51. The maximum Gasteiger partial charge on any atom is 0.119 e. The average molecular weight is 261 g/mol. The van der Waals surface area contributed by atoms with E-state index in [-0.39, 0.29) is 0 Å². The molecular formula is C17H27NO. The van der Waals surface area contributed by atoms with Crippen molar-refractivity contribution in [1.29, 1.82) is 0 Å².